The third kappa shape index (κ3) is 3.88. The zero-order valence-corrected chi connectivity index (χ0v) is 16.3. The van der Waals surface area contributed by atoms with Gasteiger partial charge in [0.05, 0.1) is 0 Å². The standard InChI is InChI=1S/C20H36N4O/c1-21-10-6-18(7-11-21)24-14-13-22(2)20(16-24)8-5-19(25)23(12-9-20)15-17-3-4-17/h17-18H,3-16H2,1-2H3. The summed E-state index contributed by atoms with van der Waals surface area (Å²) in [5.74, 6) is 1.21. The van der Waals surface area contributed by atoms with E-state index in [1.165, 1.54) is 51.9 Å². The van der Waals surface area contributed by atoms with E-state index in [1.807, 2.05) is 0 Å². The van der Waals surface area contributed by atoms with E-state index in [9.17, 15) is 4.79 Å². The first kappa shape index (κ1) is 17.7. The maximum atomic E-state index is 12.6. The molecule has 1 spiro atoms. The molecule has 5 heteroatoms. The summed E-state index contributed by atoms with van der Waals surface area (Å²) in [6, 6.07) is 0.753. The second-order valence-corrected chi connectivity index (χ2v) is 9.18. The van der Waals surface area contributed by atoms with Crippen molar-refractivity contribution in [3.63, 3.8) is 0 Å². The molecular formula is C20H36N4O. The zero-order valence-electron chi connectivity index (χ0n) is 16.3. The third-order valence-corrected chi connectivity index (χ3v) is 7.41. The molecule has 0 aromatic carbocycles. The van der Waals surface area contributed by atoms with Crippen LogP contribution in [0.1, 0.15) is 44.9 Å². The Morgan fingerprint density at radius 3 is 2.44 bits per heavy atom. The normalized spacial score (nSPS) is 34.6. The molecule has 4 aliphatic rings. The topological polar surface area (TPSA) is 30.0 Å². The van der Waals surface area contributed by atoms with Crippen LogP contribution in [0.3, 0.4) is 0 Å². The molecule has 0 radical (unpaired) electrons. The van der Waals surface area contributed by atoms with E-state index >= 15 is 0 Å². The van der Waals surface area contributed by atoms with Gasteiger partial charge in [0.2, 0.25) is 5.91 Å². The molecule has 5 nitrogen and oxygen atoms in total. The maximum Gasteiger partial charge on any atom is 0.222 e. The minimum absolute atomic E-state index is 0.218. The van der Waals surface area contributed by atoms with Gasteiger partial charge < -0.3 is 9.80 Å². The summed E-state index contributed by atoms with van der Waals surface area (Å²) in [4.78, 5) is 22.6. The van der Waals surface area contributed by atoms with Crippen molar-refractivity contribution in [2.75, 3.05) is 59.9 Å². The Balaban J connectivity index is 1.42. The summed E-state index contributed by atoms with van der Waals surface area (Å²) < 4.78 is 0. The maximum absolute atomic E-state index is 12.6. The van der Waals surface area contributed by atoms with E-state index in [4.69, 9.17) is 0 Å². The van der Waals surface area contributed by atoms with Crippen LogP contribution >= 0.6 is 0 Å². The van der Waals surface area contributed by atoms with Gasteiger partial charge in [-0.1, -0.05) is 0 Å². The van der Waals surface area contributed by atoms with Crippen LogP contribution in [0, 0.1) is 5.92 Å². The number of rotatable bonds is 3. The summed E-state index contributed by atoms with van der Waals surface area (Å²) in [5, 5.41) is 0. The van der Waals surface area contributed by atoms with E-state index in [0.717, 1.165) is 50.9 Å². The quantitative estimate of drug-likeness (QED) is 0.773. The Morgan fingerprint density at radius 1 is 0.960 bits per heavy atom. The number of nitrogens with zero attached hydrogens (tertiary/aromatic N) is 4. The van der Waals surface area contributed by atoms with Gasteiger partial charge in [0.25, 0.3) is 0 Å². The van der Waals surface area contributed by atoms with Gasteiger partial charge in [0.15, 0.2) is 0 Å². The van der Waals surface area contributed by atoms with E-state index in [2.05, 4.69) is 33.7 Å². The van der Waals surface area contributed by atoms with E-state index in [1.54, 1.807) is 0 Å². The molecule has 1 atom stereocenters. The fraction of sp³-hybridized carbons (Fsp3) is 0.950. The van der Waals surface area contributed by atoms with Crippen molar-refractivity contribution in [3.05, 3.63) is 0 Å². The first-order chi connectivity index (χ1) is 12.1. The van der Waals surface area contributed by atoms with Crippen LogP contribution in [-0.2, 0) is 4.79 Å². The number of hydrogen-bond acceptors (Lipinski definition) is 4. The number of amides is 1. The van der Waals surface area contributed by atoms with Crippen molar-refractivity contribution in [2.45, 2.75) is 56.5 Å². The average Bonchev–Trinajstić information content (AvgIpc) is 3.44. The molecule has 1 saturated carbocycles. The van der Waals surface area contributed by atoms with Gasteiger partial charge >= 0.3 is 0 Å². The van der Waals surface area contributed by atoms with Crippen molar-refractivity contribution < 1.29 is 4.79 Å². The Bertz CT molecular complexity index is 486. The summed E-state index contributed by atoms with van der Waals surface area (Å²) in [6.45, 7) is 7.99. The largest absolute Gasteiger partial charge is 0.342 e. The number of hydrogen-bond donors (Lipinski definition) is 0. The van der Waals surface area contributed by atoms with Crippen molar-refractivity contribution in [2.24, 2.45) is 5.92 Å². The minimum Gasteiger partial charge on any atom is -0.342 e. The van der Waals surface area contributed by atoms with Crippen LogP contribution in [0.5, 0.6) is 0 Å². The first-order valence-electron chi connectivity index (χ1n) is 10.5. The van der Waals surface area contributed by atoms with Gasteiger partial charge in [-0.2, -0.15) is 0 Å². The van der Waals surface area contributed by atoms with Crippen molar-refractivity contribution >= 4 is 5.91 Å². The molecule has 25 heavy (non-hydrogen) atoms. The lowest BCUT2D eigenvalue weighted by atomic mass is 9.85. The van der Waals surface area contributed by atoms with E-state index in [-0.39, 0.29) is 5.54 Å². The predicted octanol–water partition coefficient (Wildman–Crippen LogP) is 1.49. The molecule has 0 aromatic rings. The summed E-state index contributed by atoms with van der Waals surface area (Å²) in [7, 11) is 4.54. The molecule has 4 fully saturated rings. The highest BCUT2D eigenvalue weighted by molar-refractivity contribution is 5.76. The summed E-state index contributed by atoms with van der Waals surface area (Å²) >= 11 is 0. The Hall–Kier alpha value is -0.650. The van der Waals surface area contributed by atoms with Gasteiger partial charge in [-0.3, -0.25) is 14.6 Å². The monoisotopic (exact) mass is 348 g/mol. The predicted molar refractivity (Wildman–Crippen MR) is 101 cm³/mol. The van der Waals surface area contributed by atoms with Gasteiger partial charge in [0.1, 0.15) is 0 Å². The summed E-state index contributed by atoms with van der Waals surface area (Å²) in [5.41, 5.74) is 0.218. The number of likely N-dealkylation sites (N-methyl/N-ethyl adjacent to an activating group) is 1. The van der Waals surface area contributed by atoms with Crippen molar-refractivity contribution in [1.29, 1.82) is 0 Å². The fourth-order valence-electron chi connectivity index (χ4n) is 5.20. The molecule has 1 unspecified atom stereocenters. The second-order valence-electron chi connectivity index (χ2n) is 9.18. The number of piperidine rings is 1. The number of carbonyl (C=O) groups is 1. The van der Waals surface area contributed by atoms with Crippen LogP contribution in [0.2, 0.25) is 0 Å². The van der Waals surface area contributed by atoms with Gasteiger partial charge in [0, 0.05) is 50.7 Å². The van der Waals surface area contributed by atoms with E-state index < -0.39 is 0 Å². The molecule has 0 N–H and O–H groups in total. The van der Waals surface area contributed by atoms with Gasteiger partial charge in [-0.25, -0.2) is 0 Å². The van der Waals surface area contributed by atoms with E-state index in [0.29, 0.717) is 5.91 Å². The molecule has 4 rings (SSSR count). The molecule has 1 amide bonds. The molecule has 3 saturated heterocycles. The van der Waals surface area contributed by atoms with Crippen LogP contribution in [0.4, 0.5) is 0 Å². The van der Waals surface area contributed by atoms with Gasteiger partial charge in [-0.15, -0.1) is 0 Å². The average molecular weight is 349 g/mol. The zero-order chi connectivity index (χ0) is 17.4. The third-order valence-electron chi connectivity index (χ3n) is 7.41. The molecule has 3 heterocycles. The second kappa shape index (κ2) is 7.16. The lowest BCUT2D eigenvalue weighted by Crippen LogP contribution is -2.63. The highest BCUT2D eigenvalue weighted by Crippen LogP contribution is 2.36. The Labute approximate surface area is 153 Å². The lowest BCUT2D eigenvalue weighted by Gasteiger charge is -2.52. The molecule has 0 bridgehead atoms. The fourth-order valence-corrected chi connectivity index (χ4v) is 5.20. The highest BCUT2D eigenvalue weighted by Gasteiger charge is 2.44. The van der Waals surface area contributed by atoms with Crippen molar-refractivity contribution in [3.8, 4) is 0 Å². The molecule has 3 aliphatic heterocycles. The smallest absolute Gasteiger partial charge is 0.222 e. The molecule has 142 valence electrons. The van der Waals surface area contributed by atoms with Crippen LogP contribution in [0.15, 0.2) is 0 Å². The van der Waals surface area contributed by atoms with Crippen LogP contribution < -0.4 is 0 Å². The number of likely N-dealkylation sites (tertiary alicyclic amines) is 2. The van der Waals surface area contributed by atoms with Gasteiger partial charge in [-0.05, 0) is 71.6 Å². The minimum atomic E-state index is 0.218. The van der Waals surface area contributed by atoms with Crippen LogP contribution in [0.25, 0.3) is 0 Å². The Morgan fingerprint density at radius 2 is 1.72 bits per heavy atom. The van der Waals surface area contributed by atoms with Crippen LogP contribution in [-0.4, -0.2) is 97.0 Å². The molecule has 1 aliphatic carbocycles. The number of carbonyl (C=O) groups excluding carboxylic acids is 1. The SMILES string of the molecule is CN1CCC(N2CCN(C)C3(CCC(=O)N(CC4CC4)CC3)C2)CC1. The molecular weight excluding hydrogens is 312 g/mol. The highest BCUT2D eigenvalue weighted by atomic mass is 16.2. The lowest BCUT2D eigenvalue weighted by molar-refractivity contribution is -0.131. The van der Waals surface area contributed by atoms with Crippen molar-refractivity contribution in [1.82, 2.24) is 19.6 Å². The Kier molecular flexibility index (Phi) is 5.09. The first-order valence-corrected chi connectivity index (χ1v) is 10.5. The molecule has 0 aromatic heterocycles. The number of piperazine rings is 1. The summed E-state index contributed by atoms with van der Waals surface area (Å²) in [6.07, 6.45) is 8.24.